The molecule has 0 amide bonds. The molecule has 106 valence electrons. The Balaban J connectivity index is 2.30. The van der Waals surface area contributed by atoms with E-state index in [1.54, 1.807) is 0 Å². The van der Waals surface area contributed by atoms with Gasteiger partial charge in [-0.25, -0.2) is 5.84 Å². The molecule has 1 saturated heterocycles. The average molecular weight is 268 g/mol. The molecule has 1 aromatic rings. The van der Waals surface area contributed by atoms with E-state index in [0.29, 0.717) is 18.5 Å². The van der Waals surface area contributed by atoms with E-state index in [2.05, 4.69) is 27.3 Å². The fourth-order valence-corrected chi connectivity index (χ4v) is 2.27. The molecule has 2 heterocycles. The van der Waals surface area contributed by atoms with Crippen molar-refractivity contribution in [2.24, 2.45) is 11.8 Å². The van der Waals surface area contributed by atoms with Gasteiger partial charge in [0, 0.05) is 6.54 Å². The third kappa shape index (κ3) is 2.85. The number of aromatic nitrogens is 3. The van der Waals surface area contributed by atoms with Gasteiger partial charge in [-0.15, -0.1) is 0 Å². The lowest BCUT2D eigenvalue weighted by atomic mass is 10.0. The maximum atomic E-state index is 9.48. The van der Waals surface area contributed by atoms with E-state index in [4.69, 9.17) is 10.6 Å². The number of nitrogens with two attached hydrogens (primary N) is 1. The summed E-state index contributed by atoms with van der Waals surface area (Å²) in [6.45, 7) is 5.29. The number of nitrogens with zero attached hydrogens (tertiary/aromatic N) is 4. The summed E-state index contributed by atoms with van der Waals surface area (Å²) in [5.41, 5.74) is 2.40. The van der Waals surface area contributed by atoms with Crippen LogP contribution in [0.1, 0.15) is 20.3 Å². The summed E-state index contributed by atoms with van der Waals surface area (Å²) < 4.78 is 5.30. The fraction of sp³-hybridized carbons (Fsp3) is 0.727. The molecule has 2 unspecified atom stereocenters. The maximum Gasteiger partial charge on any atom is 0.323 e. The predicted molar refractivity (Wildman–Crippen MR) is 70.8 cm³/mol. The van der Waals surface area contributed by atoms with Gasteiger partial charge in [-0.1, -0.05) is 6.92 Å². The van der Waals surface area contributed by atoms with Crippen molar-refractivity contribution in [3.63, 3.8) is 0 Å². The molecule has 4 N–H and O–H groups in total. The van der Waals surface area contributed by atoms with Crippen LogP contribution in [-0.2, 0) is 0 Å². The monoisotopic (exact) mass is 268 g/mol. The Hall–Kier alpha value is -1.67. The van der Waals surface area contributed by atoms with E-state index in [1.165, 1.54) is 0 Å². The summed E-state index contributed by atoms with van der Waals surface area (Å²) in [7, 11) is 0. The topological polar surface area (TPSA) is 109 Å². The Morgan fingerprint density at radius 2 is 2.26 bits per heavy atom. The van der Waals surface area contributed by atoms with Gasteiger partial charge >= 0.3 is 6.01 Å². The smallest absolute Gasteiger partial charge is 0.323 e. The van der Waals surface area contributed by atoms with Crippen molar-refractivity contribution < 1.29 is 9.84 Å². The van der Waals surface area contributed by atoms with Crippen molar-refractivity contribution in [2.75, 3.05) is 30.1 Å². The number of hydrogen-bond acceptors (Lipinski definition) is 8. The predicted octanol–water partition coefficient (Wildman–Crippen LogP) is -0.237. The zero-order valence-corrected chi connectivity index (χ0v) is 11.2. The summed E-state index contributed by atoms with van der Waals surface area (Å²) >= 11 is 0. The highest BCUT2D eigenvalue weighted by Crippen LogP contribution is 2.28. The highest BCUT2D eigenvalue weighted by molar-refractivity contribution is 5.40. The van der Waals surface area contributed by atoms with Gasteiger partial charge in [-0.05, 0) is 19.3 Å². The van der Waals surface area contributed by atoms with Gasteiger partial charge < -0.3 is 14.7 Å². The quantitative estimate of drug-likeness (QED) is 0.496. The van der Waals surface area contributed by atoms with Crippen molar-refractivity contribution in [1.29, 1.82) is 0 Å². The highest BCUT2D eigenvalue weighted by atomic mass is 16.5. The Labute approximate surface area is 112 Å². The van der Waals surface area contributed by atoms with Gasteiger partial charge in [0.05, 0.1) is 19.3 Å². The second-order valence-electron chi connectivity index (χ2n) is 4.53. The van der Waals surface area contributed by atoms with Gasteiger partial charge in [0.1, 0.15) is 0 Å². The molecule has 8 heteroatoms. The molecule has 1 aliphatic rings. The van der Waals surface area contributed by atoms with Gasteiger partial charge in [-0.2, -0.15) is 15.0 Å². The summed E-state index contributed by atoms with van der Waals surface area (Å²) in [5, 5.41) is 9.48. The van der Waals surface area contributed by atoms with E-state index >= 15 is 0 Å². The van der Waals surface area contributed by atoms with Crippen molar-refractivity contribution in [3.05, 3.63) is 0 Å². The molecule has 2 rings (SSSR count). The summed E-state index contributed by atoms with van der Waals surface area (Å²) in [6.07, 6.45) is 0.992. The molecular formula is C11H20N6O2. The Bertz CT molecular complexity index is 430. The second kappa shape index (κ2) is 5.98. The van der Waals surface area contributed by atoms with Gasteiger partial charge in [0.2, 0.25) is 11.9 Å². The first kappa shape index (κ1) is 13.8. The minimum atomic E-state index is 0.0162. The van der Waals surface area contributed by atoms with E-state index in [-0.39, 0.29) is 24.6 Å². The molecule has 2 atom stereocenters. The SMILES string of the molecule is CCOc1nc(NN)nc(N2CCC(C)C2CO)n1. The fourth-order valence-electron chi connectivity index (χ4n) is 2.27. The number of aliphatic hydroxyl groups excluding tert-OH is 1. The van der Waals surface area contributed by atoms with Crippen LogP contribution in [0.3, 0.4) is 0 Å². The van der Waals surface area contributed by atoms with Gasteiger partial charge in [0.15, 0.2) is 0 Å². The van der Waals surface area contributed by atoms with Crippen LogP contribution in [0.15, 0.2) is 0 Å². The van der Waals surface area contributed by atoms with Crippen LogP contribution >= 0.6 is 0 Å². The molecule has 0 spiro atoms. The van der Waals surface area contributed by atoms with Crippen LogP contribution in [0.2, 0.25) is 0 Å². The molecule has 1 fully saturated rings. The van der Waals surface area contributed by atoms with E-state index in [0.717, 1.165) is 13.0 Å². The van der Waals surface area contributed by atoms with Gasteiger partial charge in [-0.3, -0.25) is 5.43 Å². The molecule has 0 saturated carbocycles. The molecule has 1 aliphatic heterocycles. The van der Waals surface area contributed by atoms with E-state index < -0.39 is 0 Å². The zero-order chi connectivity index (χ0) is 13.8. The number of anilines is 2. The third-order valence-corrected chi connectivity index (χ3v) is 3.33. The number of rotatable bonds is 5. The molecule has 0 aliphatic carbocycles. The number of aliphatic hydroxyl groups is 1. The van der Waals surface area contributed by atoms with Crippen LogP contribution in [0, 0.1) is 5.92 Å². The first-order valence-corrected chi connectivity index (χ1v) is 6.42. The van der Waals surface area contributed by atoms with Crippen molar-refractivity contribution in [2.45, 2.75) is 26.3 Å². The number of hydrogen-bond donors (Lipinski definition) is 3. The summed E-state index contributed by atoms with van der Waals surface area (Å²) in [6, 6.07) is 0.249. The van der Waals surface area contributed by atoms with Crippen molar-refractivity contribution >= 4 is 11.9 Å². The first-order chi connectivity index (χ1) is 9.19. The molecule has 0 radical (unpaired) electrons. The lowest BCUT2D eigenvalue weighted by Crippen LogP contribution is -2.36. The number of nitrogen functional groups attached to an aromatic ring is 1. The molecule has 8 nitrogen and oxygen atoms in total. The van der Waals surface area contributed by atoms with Gasteiger partial charge in [0.25, 0.3) is 0 Å². The Morgan fingerprint density at radius 1 is 1.47 bits per heavy atom. The normalized spacial score (nSPS) is 22.6. The molecule has 19 heavy (non-hydrogen) atoms. The lowest BCUT2D eigenvalue weighted by Gasteiger charge is -2.25. The second-order valence-corrected chi connectivity index (χ2v) is 4.53. The summed E-state index contributed by atoms with van der Waals surface area (Å²) in [4.78, 5) is 14.5. The minimum absolute atomic E-state index is 0.0162. The zero-order valence-electron chi connectivity index (χ0n) is 11.2. The number of nitrogens with one attached hydrogen (secondary N) is 1. The van der Waals surface area contributed by atoms with Crippen LogP contribution in [0.25, 0.3) is 0 Å². The molecular weight excluding hydrogens is 248 g/mol. The van der Waals surface area contributed by atoms with E-state index in [9.17, 15) is 5.11 Å². The van der Waals surface area contributed by atoms with Crippen LogP contribution in [0.5, 0.6) is 6.01 Å². The maximum absolute atomic E-state index is 9.48. The Morgan fingerprint density at radius 3 is 2.89 bits per heavy atom. The largest absolute Gasteiger partial charge is 0.464 e. The lowest BCUT2D eigenvalue weighted by molar-refractivity contribution is 0.243. The standard InChI is InChI=1S/C11H20N6O2/c1-3-19-11-14-9(16-12)13-10(15-11)17-5-4-7(2)8(17)6-18/h7-8,18H,3-6,12H2,1-2H3,(H,13,14,15,16). The van der Waals surface area contributed by atoms with Crippen molar-refractivity contribution in [1.82, 2.24) is 15.0 Å². The number of hydrazine groups is 1. The third-order valence-electron chi connectivity index (χ3n) is 3.33. The van der Waals surface area contributed by atoms with Crippen LogP contribution in [-0.4, -0.2) is 45.9 Å². The van der Waals surface area contributed by atoms with Crippen LogP contribution < -0.4 is 20.9 Å². The molecule has 0 aromatic carbocycles. The average Bonchev–Trinajstić information content (AvgIpc) is 2.79. The Kier molecular flexibility index (Phi) is 4.33. The first-order valence-electron chi connectivity index (χ1n) is 6.42. The van der Waals surface area contributed by atoms with E-state index in [1.807, 2.05) is 11.8 Å². The number of ether oxygens (including phenoxy) is 1. The highest BCUT2D eigenvalue weighted by Gasteiger charge is 2.32. The van der Waals surface area contributed by atoms with Crippen LogP contribution in [0.4, 0.5) is 11.9 Å². The minimum Gasteiger partial charge on any atom is -0.464 e. The summed E-state index contributed by atoms with van der Waals surface area (Å²) in [5.74, 6) is 6.48. The molecule has 1 aromatic heterocycles. The van der Waals surface area contributed by atoms with Crippen molar-refractivity contribution in [3.8, 4) is 6.01 Å². The molecule has 0 bridgehead atoms.